The van der Waals surface area contributed by atoms with Crippen molar-refractivity contribution in [2.75, 3.05) is 13.6 Å². The van der Waals surface area contributed by atoms with Gasteiger partial charge in [0.1, 0.15) is 0 Å². The molecule has 1 aromatic heterocycles. The van der Waals surface area contributed by atoms with E-state index in [9.17, 15) is 9.59 Å². The van der Waals surface area contributed by atoms with E-state index in [4.69, 9.17) is 0 Å². The molecule has 0 bridgehead atoms. The maximum absolute atomic E-state index is 12.7. The molecule has 1 atom stereocenters. The second-order valence-corrected chi connectivity index (χ2v) is 6.71. The second-order valence-electron chi connectivity index (χ2n) is 6.71. The largest absolute Gasteiger partial charge is 0.341 e. The number of carbonyl (C=O) groups excluding carboxylic acids is 2. The number of likely N-dealkylation sites (tertiary alicyclic amines) is 1. The molecule has 0 spiro atoms. The van der Waals surface area contributed by atoms with Crippen molar-refractivity contribution in [2.45, 2.75) is 26.4 Å². The van der Waals surface area contributed by atoms with Crippen LogP contribution in [0, 0.1) is 12.8 Å². The van der Waals surface area contributed by atoms with Crippen molar-refractivity contribution in [1.82, 2.24) is 14.8 Å². The predicted molar refractivity (Wildman–Crippen MR) is 95.4 cm³/mol. The Bertz CT molecular complexity index is 743. The average molecular weight is 337 g/mol. The molecule has 1 saturated heterocycles. The molecule has 25 heavy (non-hydrogen) atoms. The first-order chi connectivity index (χ1) is 12.0. The van der Waals surface area contributed by atoms with Crippen molar-refractivity contribution in [1.29, 1.82) is 0 Å². The van der Waals surface area contributed by atoms with Gasteiger partial charge in [-0.05, 0) is 30.2 Å². The summed E-state index contributed by atoms with van der Waals surface area (Å²) in [5.41, 5.74) is 3.33. The van der Waals surface area contributed by atoms with Crippen molar-refractivity contribution in [3.8, 4) is 0 Å². The summed E-state index contributed by atoms with van der Waals surface area (Å²) in [5.74, 6) is -0.183. The van der Waals surface area contributed by atoms with E-state index in [-0.39, 0.29) is 17.7 Å². The third kappa shape index (κ3) is 4.24. The Morgan fingerprint density at radius 2 is 1.84 bits per heavy atom. The van der Waals surface area contributed by atoms with Gasteiger partial charge in [-0.2, -0.15) is 0 Å². The van der Waals surface area contributed by atoms with E-state index in [2.05, 4.69) is 4.98 Å². The van der Waals surface area contributed by atoms with Crippen LogP contribution < -0.4 is 0 Å². The Kier molecular flexibility index (Phi) is 5.12. The molecule has 2 heterocycles. The molecule has 5 heteroatoms. The zero-order valence-electron chi connectivity index (χ0n) is 14.7. The Morgan fingerprint density at radius 3 is 2.52 bits per heavy atom. The first-order valence-electron chi connectivity index (χ1n) is 8.50. The molecule has 1 aliphatic rings. The molecule has 3 rings (SSSR count). The summed E-state index contributed by atoms with van der Waals surface area (Å²) in [6.07, 6.45) is 3.73. The van der Waals surface area contributed by atoms with Crippen molar-refractivity contribution >= 4 is 11.8 Å². The van der Waals surface area contributed by atoms with Crippen LogP contribution in [0.25, 0.3) is 0 Å². The fourth-order valence-corrected chi connectivity index (χ4v) is 3.16. The Labute approximate surface area is 148 Å². The third-order valence-electron chi connectivity index (χ3n) is 4.60. The summed E-state index contributed by atoms with van der Waals surface area (Å²) in [7, 11) is 1.79. The van der Waals surface area contributed by atoms with Crippen LogP contribution in [0.4, 0.5) is 0 Å². The molecular weight excluding hydrogens is 314 g/mol. The average Bonchev–Trinajstić information content (AvgIpc) is 2.98. The number of aromatic nitrogens is 1. The number of nitrogens with zero attached hydrogens (tertiary/aromatic N) is 3. The highest BCUT2D eigenvalue weighted by Crippen LogP contribution is 2.22. The lowest BCUT2D eigenvalue weighted by atomic mass is 10.1. The smallest absolute Gasteiger partial charge is 0.228 e. The van der Waals surface area contributed by atoms with E-state index in [0.717, 1.165) is 11.1 Å². The first kappa shape index (κ1) is 17.1. The van der Waals surface area contributed by atoms with Gasteiger partial charge in [-0.25, -0.2) is 0 Å². The molecule has 1 aromatic carbocycles. The highest BCUT2D eigenvalue weighted by Gasteiger charge is 2.35. The van der Waals surface area contributed by atoms with E-state index >= 15 is 0 Å². The van der Waals surface area contributed by atoms with Crippen molar-refractivity contribution in [2.24, 2.45) is 5.92 Å². The Morgan fingerprint density at radius 1 is 1.16 bits per heavy atom. The summed E-state index contributed by atoms with van der Waals surface area (Å²) in [6, 6.07) is 11.9. The molecule has 2 amide bonds. The van der Waals surface area contributed by atoms with Gasteiger partial charge in [0.15, 0.2) is 0 Å². The van der Waals surface area contributed by atoms with Gasteiger partial charge in [0.25, 0.3) is 0 Å². The molecular formula is C20H23N3O2. The summed E-state index contributed by atoms with van der Waals surface area (Å²) in [4.78, 5) is 32.4. The molecule has 1 fully saturated rings. The second kappa shape index (κ2) is 7.47. The molecule has 0 unspecified atom stereocenters. The van der Waals surface area contributed by atoms with Gasteiger partial charge >= 0.3 is 0 Å². The van der Waals surface area contributed by atoms with E-state index in [0.29, 0.717) is 26.1 Å². The summed E-state index contributed by atoms with van der Waals surface area (Å²) in [5, 5.41) is 0. The fourth-order valence-electron chi connectivity index (χ4n) is 3.16. The van der Waals surface area contributed by atoms with Crippen LogP contribution in [0.2, 0.25) is 0 Å². The van der Waals surface area contributed by atoms with Crippen LogP contribution in [-0.4, -0.2) is 40.2 Å². The summed E-state index contributed by atoms with van der Waals surface area (Å²) < 4.78 is 0. The standard InChI is InChI=1S/C20H23N3O2/c1-15-3-5-16(6-4-15)13-23-14-18(11-19(23)24)20(25)22(2)12-17-7-9-21-10-8-17/h3-10,18H,11-14H2,1-2H3/t18-/m0/s1. The minimum atomic E-state index is -0.259. The van der Waals surface area contributed by atoms with E-state index in [1.165, 1.54) is 5.56 Å². The number of pyridine rings is 1. The van der Waals surface area contributed by atoms with Gasteiger partial charge in [0, 0.05) is 45.5 Å². The lowest BCUT2D eigenvalue weighted by Gasteiger charge is -2.21. The van der Waals surface area contributed by atoms with Gasteiger partial charge in [0.05, 0.1) is 5.92 Å². The van der Waals surface area contributed by atoms with Gasteiger partial charge < -0.3 is 9.80 Å². The number of hydrogen-bond donors (Lipinski definition) is 0. The highest BCUT2D eigenvalue weighted by atomic mass is 16.2. The quantitative estimate of drug-likeness (QED) is 0.842. The van der Waals surface area contributed by atoms with Gasteiger partial charge in [-0.1, -0.05) is 29.8 Å². The number of amides is 2. The van der Waals surface area contributed by atoms with E-state index < -0.39 is 0 Å². The number of hydrogen-bond acceptors (Lipinski definition) is 3. The van der Waals surface area contributed by atoms with Crippen molar-refractivity contribution in [3.63, 3.8) is 0 Å². The van der Waals surface area contributed by atoms with Crippen LogP contribution in [0.15, 0.2) is 48.8 Å². The predicted octanol–water partition coefficient (Wildman–Crippen LogP) is 2.40. The first-order valence-corrected chi connectivity index (χ1v) is 8.50. The van der Waals surface area contributed by atoms with Crippen molar-refractivity contribution in [3.05, 3.63) is 65.5 Å². The lowest BCUT2D eigenvalue weighted by molar-refractivity contribution is -0.135. The lowest BCUT2D eigenvalue weighted by Crippen LogP contribution is -2.34. The molecule has 0 N–H and O–H groups in total. The molecule has 0 saturated carbocycles. The number of benzene rings is 1. The van der Waals surface area contributed by atoms with Gasteiger partial charge in [0.2, 0.25) is 11.8 Å². The van der Waals surface area contributed by atoms with Crippen LogP contribution in [0.5, 0.6) is 0 Å². The minimum absolute atomic E-state index is 0.0246. The maximum Gasteiger partial charge on any atom is 0.228 e. The topological polar surface area (TPSA) is 53.5 Å². The zero-order valence-corrected chi connectivity index (χ0v) is 14.7. The van der Waals surface area contributed by atoms with Crippen molar-refractivity contribution < 1.29 is 9.59 Å². The molecule has 2 aromatic rings. The fraction of sp³-hybridized carbons (Fsp3) is 0.350. The number of rotatable bonds is 5. The molecule has 0 radical (unpaired) electrons. The van der Waals surface area contributed by atoms with Gasteiger partial charge in [-0.3, -0.25) is 14.6 Å². The van der Waals surface area contributed by atoms with Crippen LogP contribution in [0.1, 0.15) is 23.1 Å². The Hall–Kier alpha value is -2.69. The minimum Gasteiger partial charge on any atom is -0.341 e. The van der Waals surface area contributed by atoms with E-state index in [1.807, 2.05) is 43.3 Å². The van der Waals surface area contributed by atoms with Crippen LogP contribution in [-0.2, 0) is 22.7 Å². The molecule has 1 aliphatic heterocycles. The van der Waals surface area contributed by atoms with E-state index in [1.54, 1.807) is 29.2 Å². The Balaban J connectivity index is 1.59. The van der Waals surface area contributed by atoms with Crippen LogP contribution >= 0.6 is 0 Å². The third-order valence-corrected chi connectivity index (χ3v) is 4.60. The monoisotopic (exact) mass is 337 g/mol. The van der Waals surface area contributed by atoms with Crippen LogP contribution in [0.3, 0.4) is 0 Å². The highest BCUT2D eigenvalue weighted by molar-refractivity contribution is 5.89. The summed E-state index contributed by atoms with van der Waals surface area (Å²) >= 11 is 0. The molecule has 130 valence electrons. The molecule has 0 aliphatic carbocycles. The van der Waals surface area contributed by atoms with Gasteiger partial charge in [-0.15, -0.1) is 0 Å². The SMILES string of the molecule is Cc1ccc(CN2C[C@@H](C(=O)N(C)Cc3ccncc3)CC2=O)cc1. The zero-order chi connectivity index (χ0) is 17.8. The summed E-state index contributed by atoms with van der Waals surface area (Å²) in [6.45, 7) is 3.63. The number of carbonyl (C=O) groups is 2. The maximum atomic E-state index is 12.7. The normalized spacial score (nSPS) is 17.0. The number of aryl methyl sites for hydroxylation is 1. The molecule has 5 nitrogen and oxygen atoms in total.